The number of rotatable bonds is 69. The van der Waals surface area contributed by atoms with E-state index in [4.69, 9.17) is 34.4 Å². The lowest BCUT2D eigenvalue weighted by atomic mass is 10.00. The van der Waals surface area contributed by atoms with Crippen LogP contribution in [0.2, 0.25) is 0 Å². The summed E-state index contributed by atoms with van der Waals surface area (Å²) < 4.78 is 0. The summed E-state index contributed by atoms with van der Waals surface area (Å²) in [5.74, 6) is -15.5. The van der Waals surface area contributed by atoms with E-state index in [1.165, 1.54) is 41.5 Å². The van der Waals surface area contributed by atoms with Gasteiger partial charge in [-0.15, -0.1) is 0 Å². The number of aliphatic carboxylic acids is 1. The third kappa shape index (κ3) is 50.9. The molecule has 0 fully saturated rings. The summed E-state index contributed by atoms with van der Waals surface area (Å²) in [7, 11) is 0. The zero-order chi connectivity index (χ0) is 101. The van der Waals surface area contributed by atoms with Crippen molar-refractivity contribution >= 4 is 106 Å². The van der Waals surface area contributed by atoms with Crippen molar-refractivity contribution in [3.05, 3.63) is 0 Å². The predicted molar refractivity (Wildman–Crippen MR) is 503 cm³/mol. The molecule has 0 aromatic rings. The molecule has 0 unspecified atom stereocenters. The first-order valence-electron chi connectivity index (χ1n) is 47.4. The zero-order valence-electron chi connectivity index (χ0n) is 82.3. The largest absolute Gasteiger partial charge is 0.480 e. The van der Waals surface area contributed by atoms with Crippen LogP contribution in [-0.4, -0.2) is 253 Å². The average Bonchev–Trinajstić information content (AvgIpc) is 0.847. The number of carboxylic acids is 1. The Hall–Kier alpha value is -9.78. The van der Waals surface area contributed by atoms with Gasteiger partial charge in [0.15, 0.2) is 0 Å². The van der Waals surface area contributed by atoms with E-state index < -0.39 is 215 Å². The number of carbonyl (C=O) groups is 18. The van der Waals surface area contributed by atoms with Gasteiger partial charge < -0.3 is 130 Å². The summed E-state index contributed by atoms with van der Waals surface area (Å²) in [4.78, 5) is 250. The number of unbranched alkanes of at least 4 members (excludes halogenated alkanes) is 5. The Balaban J connectivity index is 6.72. The lowest BCUT2D eigenvalue weighted by Gasteiger charge is -2.28. The third-order valence-corrected chi connectivity index (χ3v) is 21.5. The van der Waals surface area contributed by atoms with Crippen LogP contribution in [0.25, 0.3) is 0 Å². The number of hydrogen-bond acceptors (Lipinski definition) is 24. The van der Waals surface area contributed by atoms with Gasteiger partial charge in [-0.05, 0) is 251 Å². The van der Waals surface area contributed by atoms with Gasteiger partial charge in [0, 0.05) is 0 Å². The molecule has 17 amide bonds. The van der Waals surface area contributed by atoms with E-state index in [-0.39, 0.29) is 138 Å². The molecule has 42 heteroatoms. The molecule has 0 aromatic heterocycles. The van der Waals surface area contributed by atoms with Crippen LogP contribution in [0.15, 0.2) is 0 Å². The van der Waals surface area contributed by atoms with Crippen molar-refractivity contribution in [3.63, 3.8) is 0 Å². The molecular weight excluding hydrogens is 1710 g/mol. The van der Waals surface area contributed by atoms with Gasteiger partial charge in [0.05, 0.1) is 6.04 Å². The lowest BCUT2D eigenvalue weighted by Crippen LogP contribution is -2.60. The van der Waals surface area contributed by atoms with E-state index in [0.717, 1.165) is 0 Å². The summed E-state index contributed by atoms with van der Waals surface area (Å²) in [6.07, 6.45) is 5.62. The molecule has 0 radical (unpaired) electrons. The molecule has 30 N–H and O–H groups in total. The molecule has 0 aliphatic rings. The van der Waals surface area contributed by atoms with Gasteiger partial charge in [-0.2, -0.15) is 0 Å². The maximum atomic E-state index is 14.5. The number of carbonyl (C=O) groups excluding carboxylic acids is 17. The first-order valence-corrected chi connectivity index (χ1v) is 47.4. The molecule has 0 aliphatic heterocycles. The van der Waals surface area contributed by atoms with Gasteiger partial charge in [0.1, 0.15) is 103 Å². The first-order chi connectivity index (χ1) is 61.8. The fourth-order valence-electron chi connectivity index (χ4n) is 14.0. The molecule has 0 saturated heterocycles. The fourth-order valence-corrected chi connectivity index (χ4v) is 14.0. The van der Waals surface area contributed by atoms with Crippen LogP contribution in [-0.2, 0) is 86.3 Å². The highest BCUT2D eigenvalue weighted by Crippen LogP contribution is 2.18. The second kappa shape index (κ2) is 65.8. The van der Waals surface area contributed by atoms with Crippen LogP contribution in [0.4, 0.5) is 0 Å². The Bertz CT molecular complexity index is 3630. The van der Waals surface area contributed by atoms with Gasteiger partial charge in [0.25, 0.3) is 0 Å². The fraction of sp³-hybridized carbons (Fsp3) is 0.800. The van der Waals surface area contributed by atoms with Crippen molar-refractivity contribution < 1.29 is 91.4 Å². The molecule has 0 spiro atoms. The first kappa shape index (κ1) is 122. The lowest BCUT2D eigenvalue weighted by molar-refractivity contribution is -0.142. The normalized spacial score (nSPS) is 15.6. The van der Waals surface area contributed by atoms with E-state index in [9.17, 15) is 91.4 Å². The van der Waals surface area contributed by atoms with Crippen molar-refractivity contribution in [2.75, 3.05) is 32.7 Å². The van der Waals surface area contributed by atoms with Crippen LogP contribution in [0.1, 0.15) is 280 Å². The van der Waals surface area contributed by atoms with Gasteiger partial charge in [-0.1, -0.05) is 103 Å². The number of carboxylic acid groups (broad SMARTS) is 1. The van der Waals surface area contributed by atoms with Crippen molar-refractivity contribution in [3.8, 4) is 0 Å². The number of amides is 17. The van der Waals surface area contributed by atoms with Crippen LogP contribution in [0.3, 0.4) is 0 Å². The van der Waals surface area contributed by atoms with Crippen LogP contribution in [0, 0.1) is 41.4 Å². The summed E-state index contributed by atoms with van der Waals surface area (Å²) >= 11 is 0. The van der Waals surface area contributed by atoms with Gasteiger partial charge in [0.2, 0.25) is 100 Å². The highest BCUT2D eigenvalue weighted by atomic mass is 16.4. The van der Waals surface area contributed by atoms with Crippen LogP contribution < -0.4 is 125 Å². The Labute approximate surface area is 781 Å². The average molecular weight is 1880 g/mol. The highest BCUT2D eigenvalue weighted by Gasteiger charge is 2.39. The maximum absolute atomic E-state index is 14.5. The molecule has 0 heterocycles. The Morgan fingerprint density at radius 2 is 0.318 bits per heavy atom. The zero-order valence-corrected chi connectivity index (χ0v) is 82.3. The molecule has 18 atom stereocenters. The van der Waals surface area contributed by atoms with Crippen molar-refractivity contribution in [1.29, 1.82) is 0 Å². The van der Waals surface area contributed by atoms with E-state index in [1.807, 2.05) is 27.7 Å². The minimum Gasteiger partial charge on any atom is -0.480 e. The molecule has 132 heavy (non-hydrogen) atoms. The summed E-state index contributed by atoms with van der Waals surface area (Å²) in [5, 5.41) is 54.6. The van der Waals surface area contributed by atoms with Gasteiger partial charge >= 0.3 is 5.97 Å². The number of nitrogens with one attached hydrogen (secondary N) is 17. The second-order valence-corrected chi connectivity index (χ2v) is 37.8. The minimum absolute atomic E-state index is 0.0122. The van der Waals surface area contributed by atoms with E-state index in [0.29, 0.717) is 77.2 Å². The van der Waals surface area contributed by atoms with Gasteiger partial charge in [-0.3, -0.25) is 86.3 Å². The molecule has 0 saturated carbocycles. The molecule has 0 aliphatic carbocycles. The molecular formula is C90H169N23O19. The summed E-state index contributed by atoms with van der Waals surface area (Å²) in [6, 6.07) is -22.4. The van der Waals surface area contributed by atoms with E-state index in [1.54, 1.807) is 69.2 Å². The maximum Gasteiger partial charge on any atom is 0.325 e. The number of hydrogen-bond donors (Lipinski definition) is 24. The molecule has 42 nitrogen and oxygen atoms in total. The predicted octanol–water partition coefficient (Wildman–Crippen LogP) is -1.27. The molecule has 0 rings (SSSR count). The van der Waals surface area contributed by atoms with Crippen molar-refractivity contribution in [2.24, 2.45) is 75.8 Å². The quantitative estimate of drug-likeness (QED) is 0.0316. The second-order valence-electron chi connectivity index (χ2n) is 37.8. The summed E-state index contributed by atoms with van der Waals surface area (Å²) in [6.45, 7) is 34.8. The molecule has 0 bridgehead atoms. The van der Waals surface area contributed by atoms with Crippen LogP contribution >= 0.6 is 0 Å². The SMILES string of the molecule is CC(C)C[C@H](NC(=O)[C@H](C)NC(=O)[C@H](CCCCN)NC(=O)[C@H](CC(C)C)NC(=O)[C@H](C)NC(=O)[C@H](CC(C)C)NC(=O)[C@H](CCCCN)NC(=O)[C@H](CC(C)C)NC(=O)[C@H](C)NC(=O)[C@H](CC(C)C)NC(=O)[C@@H](N)CCCCN)C(=O)N[C@@H](CCCCN)C(=O)N[C@@H](C)C(=O)N[C@@H](C)C(=O)N[C@@H](CC(C)C)C(=O)N[C@@H](CCCCN)C(=O)N[C@@H](CC(C)C)C(=O)N[C@@H](C)C(=O)O. The van der Waals surface area contributed by atoms with Crippen molar-refractivity contribution in [2.45, 2.75) is 388 Å². The van der Waals surface area contributed by atoms with Crippen molar-refractivity contribution in [1.82, 2.24) is 90.4 Å². The Morgan fingerprint density at radius 3 is 0.508 bits per heavy atom. The standard InChI is InChI=1S/C90H169N23O19/c1-48(2)41-66(111-78(119)61(96)31-21-26-36-91)83(124)100-58(18)76(117)110-72(47-54(13)14)89(130)105-64(34-24-29-39-94)81(122)112-67(42-49(3)4)84(125)101-59(19)77(118)109-70(45-52(9)10)87(128)104-63(33-23-28-38-93)80(121)99-57(17)75(116)108-69(44-51(7)8)86(127)103-62(32-22-27-37-92)79(120)98-55(15)73(114)97-56(16)74(115)107-71(46-53(11)12)88(129)106-65(35-25-30-40-95)82(123)113-68(43-50(5)6)85(126)102-60(20)90(131)132/h48-72H,21-47,91-96H2,1-20H3,(H,97,114)(H,98,120)(H,99,121)(H,100,124)(H,101,125)(H,102,126)(H,103,127)(H,104,128)(H,105,130)(H,106,129)(H,107,115)(H,108,116)(H,109,118)(H,110,117)(H,111,119)(H,112,122)(H,113,123)(H,131,132)/t55-,56-,57-,58-,59-,60-,61-,62-,63-,64-,65-,66-,67-,68-,69-,70-,71-,72-/m0/s1. The Morgan fingerprint density at radius 1 is 0.182 bits per heavy atom. The minimum atomic E-state index is -1.36. The number of nitrogens with two attached hydrogens (primary N) is 6. The topological polar surface area (TPSA) is 688 Å². The van der Waals surface area contributed by atoms with E-state index in [2.05, 4.69) is 90.4 Å². The monoisotopic (exact) mass is 1880 g/mol. The van der Waals surface area contributed by atoms with E-state index >= 15 is 0 Å². The highest BCUT2D eigenvalue weighted by molar-refractivity contribution is 6.01. The Kier molecular flexibility index (Phi) is 60.9. The smallest absolute Gasteiger partial charge is 0.325 e. The summed E-state index contributed by atoms with van der Waals surface area (Å²) in [5.41, 5.74) is 35.0. The molecule has 758 valence electrons. The molecule has 0 aromatic carbocycles. The van der Waals surface area contributed by atoms with Crippen LogP contribution in [0.5, 0.6) is 0 Å². The third-order valence-electron chi connectivity index (χ3n) is 21.5. The van der Waals surface area contributed by atoms with Gasteiger partial charge in [-0.25, -0.2) is 0 Å².